The first kappa shape index (κ1) is 15.6. The summed E-state index contributed by atoms with van der Waals surface area (Å²) in [6, 6.07) is 6.56. The number of hydrogen-bond donors (Lipinski definition) is 1. The summed E-state index contributed by atoms with van der Waals surface area (Å²) >= 11 is 0. The lowest BCUT2D eigenvalue weighted by atomic mass is 9.99. The van der Waals surface area contributed by atoms with Crippen LogP contribution >= 0.6 is 0 Å². The molecule has 0 spiro atoms. The molecule has 23 heavy (non-hydrogen) atoms. The van der Waals surface area contributed by atoms with Crippen LogP contribution in [-0.4, -0.2) is 21.3 Å². The quantitative estimate of drug-likeness (QED) is 0.919. The average Bonchev–Trinajstić information content (AvgIpc) is 2.98. The first-order valence-electron chi connectivity index (χ1n) is 8.01. The Hall–Kier alpha value is -2.26. The lowest BCUT2D eigenvalue weighted by Crippen LogP contribution is -2.30. The van der Waals surface area contributed by atoms with E-state index in [-0.39, 0.29) is 5.82 Å². The Morgan fingerprint density at radius 3 is 3.04 bits per heavy atom. The maximum Gasteiger partial charge on any atom is 0.133 e. The Kier molecular flexibility index (Phi) is 4.68. The van der Waals surface area contributed by atoms with Gasteiger partial charge in [0.05, 0.1) is 11.6 Å². The maximum atomic E-state index is 13.8. The molecule has 1 aliphatic rings. The number of aromatic nitrogens is 3. The van der Waals surface area contributed by atoms with Crippen molar-refractivity contribution in [1.29, 1.82) is 5.26 Å². The van der Waals surface area contributed by atoms with Crippen LogP contribution in [0.3, 0.4) is 0 Å². The van der Waals surface area contributed by atoms with Crippen LogP contribution in [0.15, 0.2) is 18.2 Å². The van der Waals surface area contributed by atoms with Gasteiger partial charge in [0.2, 0.25) is 0 Å². The second kappa shape index (κ2) is 6.88. The maximum absolute atomic E-state index is 13.8. The molecule has 1 aromatic carbocycles. The van der Waals surface area contributed by atoms with Crippen molar-refractivity contribution in [2.75, 3.05) is 6.54 Å². The summed E-state index contributed by atoms with van der Waals surface area (Å²) in [5, 5.41) is 20.6. The molecule has 1 atom stereocenters. The van der Waals surface area contributed by atoms with Crippen molar-refractivity contribution in [3.63, 3.8) is 0 Å². The third kappa shape index (κ3) is 3.40. The Balaban J connectivity index is 1.55. The van der Waals surface area contributed by atoms with E-state index < -0.39 is 0 Å². The summed E-state index contributed by atoms with van der Waals surface area (Å²) in [6.45, 7) is 4.32. The summed E-state index contributed by atoms with van der Waals surface area (Å²) in [4.78, 5) is 0. The third-order valence-corrected chi connectivity index (χ3v) is 4.37. The predicted molar refractivity (Wildman–Crippen MR) is 84.0 cm³/mol. The molecule has 1 N–H and O–H groups in total. The lowest BCUT2D eigenvalue weighted by molar-refractivity contribution is 0.342. The molecule has 0 saturated carbocycles. The summed E-state index contributed by atoms with van der Waals surface area (Å²) in [7, 11) is 0. The van der Waals surface area contributed by atoms with Gasteiger partial charge in [-0.15, -0.1) is 10.2 Å². The van der Waals surface area contributed by atoms with E-state index in [0.29, 0.717) is 23.6 Å². The van der Waals surface area contributed by atoms with Gasteiger partial charge in [0.25, 0.3) is 0 Å². The van der Waals surface area contributed by atoms with Crippen molar-refractivity contribution < 1.29 is 4.39 Å². The average molecular weight is 313 g/mol. The van der Waals surface area contributed by atoms with Crippen molar-refractivity contribution in [1.82, 2.24) is 20.1 Å². The van der Waals surface area contributed by atoms with Crippen LogP contribution in [0.1, 0.15) is 36.1 Å². The zero-order valence-corrected chi connectivity index (χ0v) is 13.2. The zero-order chi connectivity index (χ0) is 16.2. The molecule has 120 valence electrons. The SMILES string of the molecule is CCc1nnc2n1CC(CNCc1ccc(C#N)cc1F)CC2. The lowest BCUT2D eigenvalue weighted by Gasteiger charge is -2.24. The molecule has 0 fully saturated rings. The monoisotopic (exact) mass is 313 g/mol. The van der Waals surface area contributed by atoms with Gasteiger partial charge in [0.15, 0.2) is 0 Å². The summed E-state index contributed by atoms with van der Waals surface area (Å²) < 4.78 is 16.1. The molecule has 5 nitrogen and oxygen atoms in total. The van der Waals surface area contributed by atoms with Crippen LogP contribution in [0, 0.1) is 23.1 Å². The number of fused-ring (bicyclic) bond motifs is 1. The molecule has 2 heterocycles. The van der Waals surface area contributed by atoms with Gasteiger partial charge in [-0.25, -0.2) is 4.39 Å². The van der Waals surface area contributed by atoms with Crippen molar-refractivity contribution >= 4 is 0 Å². The molecule has 2 aromatic rings. The van der Waals surface area contributed by atoms with Gasteiger partial charge < -0.3 is 9.88 Å². The molecular formula is C17H20FN5. The zero-order valence-electron chi connectivity index (χ0n) is 13.2. The fourth-order valence-electron chi connectivity index (χ4n) is 3.05. The van der Waals surface area contributed by atoms with Gasteiger partial charge in [-0.3, -0.25) is 0 Å². The van der Waals surface area contributed by atoms with Crippen molar-refractivity contribution in [2.24, 2.45) is 5.92 Å². The van der Waals surface area contributed by atoms with E-state index in [4.69, 9.17) is 5.26 Å². The second-order valence-electron chi connectivity index (χ2n) is 5.95. The van der Waals surface area contributed by atoms with E-state index in [9.17, 15) is 4.39 Å². The highest BCUT2D eigenvalue weighted by molar-refractivity contribution is 5.32. The summed E-state index contributed by atoms with van der Waals surface area (Å²) in [6.07, 6.45) is 2.92. The fourth-order valence-corrected chi connectivity index (χ4v) is 3.05. The number of nitrogens with zero attached hydrogens (tertiary/aromatic N) is 4. The molecule has 0 bridgehead atoms. The number of hydrogen-bond acceptors (Lipinski definition) is 4. The van der Waals surface area contributed by atoms with E-state index in [0.717, 1.165) is 44.0 Å². The summed E-state index contributed by atoms with van der Waals surface area (Å²) in [5.74, 6) is 2.30. The molecule has 6 heteroatoms. The van der Waals surface area contributed by atoms with Crippen molar-refractivity contribution in [2.45, 2.75) is 39.3 Å². The van der Waals surface area contributed by atoms with Gasteiger partial charge >= 0.3 is 0 Å². The number of benzene rings is 1. The molecule has 0 radical (unpaired) electrons. The minimum absolute atomic E-state index is 0.324. The van der Waals surface area contributed by atoms with Crippen LogP contribution < -0.4 is 5.32 Å². The number of aryl methyl sites for hydroxylation is 2. The van der Waals surface area contributed by atoms with Crippen LogP contribution in [0.5, 0.6) is 0 Å². The van der Waals surface area contributed by atoms with E-state index in [1.165, 1.54) is 6.07 Å². The highest BCUT2D eigenvalue weighted by Gasteiger charge is 2.21. The molecule has 0 aliphatic carbocycles. The summed E-state index contributed by atoms with van der Waals surface area (Å²) in [5.41, 5.74) is 0.949. The van der Waals surface area contributed by atoms with Gasteiger partial charge in [-0.05, 0) is 31.0 Å². The van der Waals surface area contributed by atoms with Gasteiger partial charge in [0, 0.05) is 31.5 Å². The van der Waals surface area contributed by atoms with Crippen LogP contribution in [-0.2, 0) is 25.9 Å². The van der Waals surface area contributed by atoms with Crippen molar-refractivity contribution in [3.05, 3.63) is 46.8 Å². The minimum Gasteiger partial charge on any atom is -0.315 e. The largest absolute Gasteiger partial charge is 0.315 e. The molecular weight excluding hydrogens is 293 g/mol. The molecule has 1 unspecified atom stereocenters. The van der Waals surface area contributed by atoms with Crippen LogP contribution in [0.4, 0.5) is 4.39 Å². The van der Waals surface area contributed by atoms with Crippen LogP contribution in [0.2, 0.25) is 0 Å². The topological polar surface area (TPSA) is 66.5 Å². The molecule has 3 rings (SSSR count). The van der Waals surface area contributed by atoms with E-state index in [2.05, 4.69) is 27.0 Å². The Bertz CT molecular complexity index is 718. The first-order valence-corrected chi connectivity index (χ1v) is 8.01. The van der Waals surface area contributed by atoms with Crippen molar-refractivity contribution in [3.8, 4) is 6.07 Å². The van der Waals surface area contributed by atoms with Gasteiger partial charge in [0.1, 0.15) is 17.5 Å². The Morgan fingerprint density at radius 1 is 1.43 bits per heavy atom. The second-order valence-corrected chi connectivity index (χ2v) is 5.95. The van der Waals surface area contributed by atoms with E-state index in [1.54, 1.807) is 12.1 Å². The minimum atomic E-state index is -0.324. The molecule has 1 aromatic heterocycles. The smallest absolute Gasteiger partial charge is 0.133 e. The number of halogens is 1. The van der Waals surface area contributed by atoms with Gasteiger partial charge in [-0.2, -0.15) is 5.26 Å². The highest BCUT2D eigenvalue weighted by atomic mass is 19.1. The van der Waals surface area contributed by atoms with E-state index in [1.807, 2.05) is 6.07 Å². The molecule has 0 saturated heterocycles. The first-order chi connectivity index (χ1) is 11.2. The molecule has 1 aliphatic heterocycles. The number of rotatable bonds is 5. The molecule has 0 amide bonds. The highest BCUT2D eigenvalue weighted by Crippen LogP contribution is 2.20. The number of nitriles is 1. The van der Waals surface area contributed by atoms with Crippen LogP contribution in [0.25, 0.3) is 0 Å². The normalized spacial score (nSPS) is 16.8. The predicted octanol–water partition coefficient (Wildman–Crippen LogP) is 2.20. The third-order valence-electron chi connectivity index (χ3n) is 4.37. The van der Waals surface area contributed by atoms with E-state index >= 15 is 0 Å². The van der Waals surface area contributed by atoms with Gasteiger partial charge in [-0.1, -0.05) is 13.0 Å². The number of nitrogens with one attached hydrogen (secondary N) is 1. The fraction of sp³-hybridized carbons (Fsp3) is 0.471. The standard InChI is InChI=1S/C17H20FN5/c1-2-16-21-22-17-6-4-13(11-23(16)17)9-20-10-14-5-3-12(8-19)7-15(14)18/h3,5,7,13,20H,2,4,6,9-11H2,1H3. The Labute approximate surface area is 135 Å². The Morgan fingerprint density at radius 2 is 2.30 bits per heavy atom.